The van der Waals surface area contributed by atoms with Crippen molar-refractivity contribution in [3.8, 4) is 11.5 Å². The Morgan fingerprint density at radius 2 is 1.00 bits per heavy atom. The van der Waals surface area contributed by atoms with E-state index in [-0.39, 0.29) is 11.5 Å². The summed E-state index contributed by atoms with van der Waals surface area (Å²) in [5, 5.41) is 23.1. The fourth-order valence-corrected chi connectivity index (χ4v) is 3.00. The monoisotopic (exact) mass is 366 g/mol. The van der Waals surface area contributed by atoms with Crippen molar-refractivity contribution in [3.63, 3.8) is 0 Å². The molecule has 0 radical (unpaired) electrons. The maximum absolute atomic E-state index is 9.90. The van der Waals surface area contributed by atoms with E-state index in [1.54, 1.807) is 30.3 Å². The van der Waals surface area contributed by atoms with Gasteiger partial charge in [-0.1, -0.05) is 31.9 Å². The number of rotatable bonds is 0. The van der Waals surface area contributed by atoms with Crippen LogP contribution in [-0.4, -0.2) is 10.2 Å². The zero-order chi connectivity index (χ0) is 12.9. The summed E-state index contributed by atoms with van der Waals surface area (Å²) < 4.78 is 1.82. The van der Waals surface area contributed by atoms with E-state index in [9.17, 15) is 10.2 Å². The minimum Gasteiger partial charge on any atom is -0.507 e. The van der Waals surface area contributed by atoms with Gasteiger partial charge < -0.3 is 10.2 Å². The topological polar surface area (TPSA) is 40.5 Å². The van der Waals surface area contributed by atoms with E-state index in [1.165, 1.54) is 0 Å². The van der Waals surface area contributed by atoms with E-state index in [4.69, 9.17) is 0 Å². The molecule has 0 atom stereocenters. The number of phenols is 2. The normalized spacial score (nSPS) is 11.2. The van der Waals surface area contributed by atoms with Crippen LogP contribution in [0.4, 0.5) is 0 Å². The predicted molar refractivity (Wildman–Crippen MR) is 80.2 cm³/mol. The molecular formula is C14H8Br2O2. The maximum Gasteiger partial charge on any atom is 0.123 e. The Hall–Kier alpha value is -1.26. The number of hydrogen-bond acceptors (Lipinski definition) is 2. The molecule has 0 spiro atoms. The smallest absolute Gasteiger partial charge is 0.123 e. The van der Waals surface area contributed by atoms with E-state index in [0.717, 1.165) is 19.7 Å². The molecule has 0 aromatic heterocycles. The van der Waals surface area contributed by atoms with Gasteiger partial charge in [0.25, 0.3) is 0 Å². The Morgan fingerprint density at radius 1 is 0.611 bits per heavy atom. The standard InChI is InChI=1S/C14H8Br2O2/c15-11-1-3-13(17)9-6-10-8(5-7(9)11)12(16)2-4-14(10)18/h1-6,17-18H. The molecule has 0 bridgehead atoms. The molecule has 0 saturated carbocycles. The van der Waals surface area contributed by atoms with Gasteiger partial charge in [0.15, 0.2) is 0 Å². The first-order valence-electron chi connectivity index (χ1n) is 5.30. The summed E-state index contributed by atoms with van der Waals surface area (Å²) in [5.41, 5.74) is 0. The zero-order valence-electron chi connectivity index (χ0n) is 9.11. The largest absolute Gasteiger partial charge is 0.507 e. The molecule has 0 amide bonds. The first-order valence-corrected chi connectivity index (χ1v) is 6.89. The highest BCUT2D eigenvalue weighted by Crippen LogP contribution is 2.39. The molecule has 2 N–H and O–H groups in total. The SMILES string of the molecule is Oc1ccc(Br)c2cc3c(Br)ccc(O)c3cc12. The number of halogens is 2. The van der Waals surface area contributed by atoms with Crippen LogP contribution in [0.15, 0.2) is 45.3 Å². The number of phenolic OH excluding ortho intramolecular Hbond substituents is 2. The molecule has 0 fully saturated rings. The molecule has 4 heteroatoms. The van der Waals surface area contributed by atoms with Crippen molar-refractivity contribution in [1.82, 2.24) is 0 Å². The summed E-state index contributed by atoms with van der Waals surface area (Å²) in [4.78, 5) is 0. The van der Waals surface area contributed by atoms with Gasteiger partial charge in [-0.25, -0.2) is 0 Å². The lowest BCUT2D eigenvalue weighted by molar-refractivity contribution is 0.480. The fourth-order valence-electron chi connectivity index (χ4n) is 2.08. The second-order valence-electron chi connectivity index (χ2n) is 4.08. The summed E-state index contributed by atoms with van der Waals surface area (Å²) in [6.45, 7) is 0. The molecule has 0 unspecified atom stereocenters. The van der Waals surface area contributed by atoms with Gasteiger partial charge in [0.1, 0.15) is 11.5 Å². The first-order chi connectivity index (χ1) is 8.58. The molecule has 0 aliphatic heterocycles. The lowest BCUT2D eigenvalue weighted by Crippen LogP contribution is -1.81. The summed E-state index contributed by atoms with van der Waals surface area (Å²) in [6.07, 6.45) is 0. The van der Waals surface area contributed by atoms with Crippen LogP contribution in [0.3, 0.4) is 0 Å². The quantitative estimate of drug-likeness (QED) is 0.553. The average Bonchev–Trinajstić information content (AvgIpc) is 2.37. The molecule has 0 saturated heterocycles. The summed E-state index contributed by atoms with van der Waals surface area (Å²) in [6, 6.07) is 10.6. The van der Waals surface area contributed by atoms with Gasteiger partial charge in [-0.15, -0.1) is 0 Å². The molecular weight excluding hydrogens is 360 g/mol. The molecule has 0 heterocycles. The van der Waals surface area contributed by atoms with Crippen LogP contribution in [-0.2, 0) is 0 Å². The minimum absolute atomic E-state index is 0.203. The Kier molecular flexibility index (Phi) is 2.72. The molecule has 3 aromatic rings. The molecule has 3 rings (SSSR count). The van der Waals surface area contributed by atoms with Gasteiger partial charge in [-0.2, -0.15) is 0 Å². The van der Waals surface area contributed by atoms with Gasteiger partial charge in [0.05, 0.1) is 0 Å². The molecule has 2 nitrogen and oxygen atoms in total. The number of hydrogen-bond donors (Lipinski definition) is 2. The summed E-state index contributed by atoms with van der Waals surface area (Å²) >= 11 is 6.94. The van der Waals surface area contributed by atoms with Crippen LogP contribution in [0.1, 0.15) is 0 Å². The second-order valence-corrected chi connectivity index (χ2v) is 5.79. The van der Waals surface area contributed by atoms with Gasteiger partial charge in [0, 0.05) is 30.5 Å². The molecule has 18 heavy (non-hydrogen) atoms. The Labute approximate surface area is 120 Å². The van der Waals surface area contributed by atoms with Crippen molar-refractivity contribution in [2.24, 2.45) is 0 Å². The number of benzene rings is 3. The maximum atomic E-state index is 9.90. The number of aromatic hydroxyl groups is 2. The van der Waals surface area contributed by atoms with E-state index in [2.05, 4.69) is 31.9 Å². The van der Waals surface area contributed by atoms with Gasteiger partial charge in [-0.05, 0) is 36.4 Å². The van der Waals surface area contributed by atoms with Crippen molar-refractivity contribution in [2.75, 3.05) is 0 Å². The third-order valence-electron chi connectivity index (χ3n) is 3.00. The molecule has 3 aromatic carbocycles. The average molecular weight is 368 g/mol. The second kappa shape index (κ2) is 4.14. The molecule has 0 aliphatic carbocycles. The highest BCUT2D eigenvalue weighted by atomic mass is 79.9. The summed E-state index contributed by atoms with van der Waals surface area (Å²) in [5.74, 6) is 0.406. The van der Waals surface area contributed by atoms with Gasteiger partial charge >= 0.3 is 0 Å². The van der Waals surface area contributed by atoms with E-state index in [0.29, 0.717) is 10.8 Å². The third-order valence-corrected chi connectivity index (χ3v) is 4.38. The zero-order valence-corrected chi connectivity index (χ0v) is 12.3. The van der Waals surface area contributed by atoms with Crippen molar-refractivity contribution in [3.05, 3.63) is 45.3 Å². The highest BCUT2D eigenvalue weighted by molar-refractivity contribution is 9.11. The van der Waals surface area contributed by atoms with Crippen LogP contribution in [0, 0.1) is 0 Å². The Morgan fingerprint density at radius 3 is 1.44 bits per heavy atom. The van der Waals surface area contributed by atoms with Crippen LogP contribution in [0.5, 0.6) is 11.5 Å². The minimum atomic E-state index is 0.203. The van der Waals surface area contributed by atoms with Crippen molar-refractivity contribution < 1.29 is 10.2 Å². The summed E-state index contributed by atoms with van der Waals surface area (Å²) in [7, 11) is 0. The lowest BCUT2D eigenvalue weighted by atomic mass is 10.0. The van der Waals surface area contributed by atoms with Crippen molar-refractivity contribution in [2.45, 2.75) is 0 Å². The lowest BCUT2D eigenvalue weighted by Gasteiger charge is -2.08. The highest BCUT2D eigenvalue weighted by Gasteiger charge is 2.09. The molecule has 90 valence electrons. The van der Waals surface area contributed by atoms with Crippen LogP contribution < -0.4 is 0 Å². The van der Waals surface area contributed by atoms with Crippen LogP contribution in [0.2, 0.25) is 0 Å². The third kappa shape index (κ3) is 1.68. The van der Waals surface area contributed by atoms with Crippen molar-refractivity contribution >= 4 is 53.4 Å². The first kappa shape index (κ1) is 11.8. The number of fused-ring (bicyclic) bond motifs is 2. The molecule has 0 aliphatic rings. The predicted octanol–water partition coefficient (Wildman–Crippen LogP) is 4.93. The fraction of sp³-hybridized carbons (Fsp3) is 0. The van der Waals surface area contributed by atoms with Crippen molar-refractivity contribution in [1.29, 1.82) is 0 Å². The van der Waals surface area contributed by atoms with Crippen LogP contribution >= 0.6 is 31.9 Å². The van der Waals surface area contributed by atoms with E-state index in [1.807, 2.05) is 6.07 Å². The Balaban J connectivity index is 2.59. The van der Waals surface area contributed by atoms with Gasteiger partial charge in [-0.3, -0.25) is 0 Å². The Bertz CT molecular complexity index is 653. The van der Waals surface area contributed by atoms with E-state index >= 15 is 0 Å². The van der Waals surface area contributed by atoms with E-state index < -0.39 is 0 Å². The van der Waals surface area contributed by atoms with Gasteiger partial charge in [0.2, 0.25) is 0 Å². The van der Waals surface area contributed by atoms with Crippen LogP contribution in [0.25, 0.3) is 21.5 Å².